The number of rotatable bonds is 4. The van der Waals surface area contributed by atoms with Crippen molar-refractivity contribution in [3.8, 4) is 5.75 Å². The van der Waals surface area contributed by atoms with E-state index in [0.29, 0.717) is 5.75 Å². The second-order valence-electron chi connectivity index (χ2n) is 4.99. The zero-order chi connectivity index (χ0) is 11.5. The third kappa shape index (κ3) is 2.56. The maximum Gasteiger partial charge on any atom is 0.120 e. The van der Waals surface area contributed by atoms with Crippen LogP contribution in [0.5, 0.6) is 5.75 Å². The van der Waals surface area contributed by atoms with E-state index < -0.39 is 0 Å². The van der Waals surface area contributed by atoms with Crippen LogP contribution in [0.25, 0.3) is 0 Å². The zero-order valence-corrected chi connectivity index (χ0v) is 10.2. The summed E-state index contributed by atoms with van der Waals surface area (Å²) in [7, 11) is 0. The van der Waals surface area contributed by atoms with E-state index in [0.717, 1.165) is 23.6 Å². The molecule has 0 heterocycles. The number of aromatic hydroxyl groups is 1. The van der Waals surface area contributed by atoms with Crippen molar-refractivity contribution in [2.75, 3.05) is 6.54 Å². The van der Waals surface area contributed by atoms with Gasteiger partial charge in [0.15, 0.2) is 0 Å². The summed E-state index contributed by atoms with van der Waals surface area (Å²) in [6.45, 7) is 5.19. The third-order valence-electron chi connectivity index (χ3n) is 3.59. The SMILES string of the molecule is Cc1ccc(C(C)NCC2CCC2)c(O)c1. The Morgan fingerprint density at radius 1 is 1.44 bits per heavy atom. The second-order valence-corrected chi connectivity index (χ2v) is 4.99. The molecule has 1 aromatic carbocycles. The first-order valence-corrected chi connectivity index (χ1v) is 6.19. The first-order valence-electron chi connectivity index (χ1n) is 6.19. The summed E-state index contributed by atoms with van der Waals surface area (Å²) >= 11 is 0. The molecule has 0 saturated heterocycles. The van der Waals surface area contributed by atoms with Gasteiger partial charge in [-0.2, -0.15) is 0 Å². The van der Waals surface area contributed by atoms with Crippen LogP contribution in [0, 0.1) is 12.8 Å². The Labute approximate surface area is 97.7 Å². The molecule has 0 aliphatic heterocycles. The fraction of sp³-hybridized carbons (Fsp3) is 0.571. The van der Waals surface area contributed by atoms with Gasteiger partial charge in [0.25, 0.3) is 0 Å². The van der Waals surface area contributed by atoms with Crippen molar-refractivity contribution >= 4 is 0 Å². The van der Waals surface area contributed by atoms with Crippen molar-refractivity contribution in [3.05, 3.63) is 29.3 Å². The normalized spacial score (nSPS) is 18.1. The molecule has 0 bridgehead atoms. The van der Waals surface area contributed by atoms with Crippen LogP contribution in [0.3, 0.4) is 0 Å². The summed E-state index contributed by atoms with van der Waals surface area (Å²) in [4.78, 5) is 0. The van der Waals surface area contributed by atoms with Gasteiger partial charge in [-0.15, -0.1) is 0 Å². The molecule has 0 spiro atoms. The average Bonchev–Trinajstić information content (AvgIpc) is 2.14. The molecule has 1 aliphatic carbocycles. The molecule has 0 radical (unpaired) electrons. The summed E-state index contributed by atoms with van der Waals surface area (Å²) in [6.07, 6.45) is 4.11. The van der Waals surface area contributed by atoms with E-state index in [1.807, 2.05) is 19.1 Å². The third-order valence-corrected chi connectivity index (χ3v) is 3.59. The van der Waals surface area contributed by atoms with Crippen LogP contribution in [0.4, 0.5) is 0 Å². The second kappa shape index (κ2) is 4.88. The lowest BCUT2D eigenvalue weighted by atomic mass is 9.85. The Bertz CT molecular complexity index is 358. The molecular formula is C14H21NO. The van der Waals surface area contributed by atoms with E-state index in [1.165, 1.54) is 19.3 Å². The Morgan fingerprint density at radius 3 is 2.75 bits per heavy atom. The van der Waals surface area contributed by atoms with Crippen LogP contribution >= 0.6 is 0 Å². The summed E-state index contributed by atoms with van der Waals surface area (Å²) < 4.78 is 0. The maximum absolute atomic E-state index is 9.86. The Balaban J connectivity index is 1.93. The number of nitrogens with one attached hydrogen (secondary N) is 1. The molecule has 1 fully saturated rings. The number of hydrogen-bond donors (Lipinski definition) is 2. The van der Waals surface area contributed by atoms with E-state index in [4.69, 9.17) is 0 Å². The van der Waals surface area contributed by atoms with Crippen molar-refractivity contribution in [2.45, 2.75) is 39.2 Å². The number of hydrogen-bond acceptors (Lipinski definition) is 2. The minimum atomic E-state index is 0.237. The predicted octanol–water partition coefficient (Wildman–Crippen LogP) is 3.15. The summed E-state index contributed by atoms with van der Waals surface area (Å²) in [5, 5.41) is 13.4. The molecule has 1 aliphatic rings. The molecular weight excluding hydrogens is 198 g/mol. The van der Waals surface area contributed by atoms with Crippen LogP contribution in [0.2, 0.25) is 0 Å². The fourth-order valence-electron chi connectivity index (χ4n) is 2.17. The topological polar surface area (TPSA) is 32.3 Å². The monoisotopic (exact) mass is 219 g/mol. The number of benzene rings is 1. The molecule has 0 aromatic heterocycles. The lowest BCUT2D eigenvalue weighted by molar-refractivity contribution is 0.291. The first-order chi connectivity index (χ1) is 7.66. The first kappa shape index (κ1) is 11.5. The molecule has 1 unspecified atom stereocenters. The molecule has 2 nitrogen and oxygen atoms in total. The van der Waals surface area contributed by atoms with Gasteiger partial charge in [-0.1, -0.05) is 18.6 Å². The van der Waals surface area contributed by atoms with Crippen LogP contribution in [0.15, 0.2) is 18.2 Å². The lowest BCUT2D eigenvalue weighted by Crippen LogP contribution is -2.29. The van der Waals surface area contributed by atoms with E-state index in [1.54, 1.807) is 0 Å². The maximum atomic E-state index is 9.86. The molecule has 0 amide bonds. The highest BCUT2D eigenvalue weighted by Gasteiger charge is 2.18. The van der Waals surface area contributed by atoms with E-state index in [-0.39, 0.29) is 6.04 Å². The summed E-state index contributed by atoms with van der Waals surface area (Å²) in [5.41, 5.74) is 2.11. The van der Waals surface area contributed by atoms with Crippen molar-refractivity contribution in [1.29, 1.82) is 0 Å². The predicted molar refractivity (Wildman–Crippen MR) is 66.6 cm³/mol. The lowest BCUT2D eigenvalue weighted by Gasteiger charge is -2.27. The highest BCUT2D eigenvalue weighted by atomic mass is 16.3. The molecule has 88 valence electrons. The molecule has 2 rings (SSSR count). The number of aryl methyl sites for hydroxylation is 1. The van der Waals surface area contributed by atoms with Crippen molar-refractivity contribution in [2.24, 2.45) is 5.92 Å². The highest BCUT2D eigenvalue weighted by molar-refractivity contribution is 5.37. The minimum absolute atomic E-state index is 0.237. The van der Waals surface area contributed by atoms with Crippen LogP contribution in [-0.4, -0.2) is 11.7 Å². The van der Waals surface area contributed by atoms with Gasteiger partial charge in [-0.25, -0.2) is 0 Å². The largest absolute Gasteiger partial charge is 0.508 e. The van der Waals surface area contributed by atoms with Crippen LogP contribution in [0.1, 0.15) is 43.4 Å². The van der Waals surface area contributed by atoms with E-state index in [9.17, 15) is 5.11 Å². The van der Waals surface area contributed by atoms with Crippen LogP contribution in [-0.2, 0) is 0 Å². The van der Waals surface area contributed by atoms with Crippen molar-refractivity contribution < 1.29 is 5.11 Å². The zero-order valence-electron chi connectivity index (χ0n) is 10.2. The molecule has 2 N–H and O–H groups in total. The number of phenolic OH excluding ortho intramolecular Hbond substituents is 1. The molecule has 16 heavy (non-hydrogen) atoms. The molecule has 1 saturated carbocycles. The fourth-order valence-corrected chi connectivity index (χ4v) is 2.17. The standard InChI is InChI=1S/C14H21NO/c1-10-6-7-13(14(16)8-10)11(2)15-9-12-4-3-5-12/h6-8,11-12,15-16H,3-5,9H2,1-2H3. The highest BCUT2D eigenvalue weighted by Crippen LogP contribution is 2.28. The quantitative estimate of drug-likeness (QED) is 0.815. The molecule has 1 aromatic rings. The smallest absolute Gasteiger partial charge is 0.120 e. The van der Waals surface area contributed by atoms with Gasteiger partial charge in [0.1, 0.15) is 5.75 Å². The Morgan fingerprint density at radius 2 is 2.19 bits per heavy atom. The van der Waals surface area contributed by atoms with E-state index in [2.05, 4.69) is 18.3 Å². The molecule has 1 atom stereocenters. The minimum Gasteiger partial charge on any atom is -0.508 e. The summed E-state index contributed by atoms with van der Waals surface area (Å²) in [6, 6.07) is 6.14. The van der Waals surface area contributed by atoms with Gasteiger partial charge in [0, 0.05) is 11.6 Å². The van der Waals surface area contributed by atoms with Gasteiger partial charge in [-0.3, -0.25) is 0 Å². The Hall–Kier alpha value is -1.02. The van der Waals surface area contributed by atoms with E-state index >= 15 is 0 Å². The van der Waals surface area contributed by atoms with Gasteiger partial charge < -0.3 is 10.4 Å². The van der Waals surface area contributed by atoms with Crippen molar-refractivity contribution in [3.63, 3.8) is 0 Å². The van der Waals surface area contributed by atoms with Gasteiger partial charge in [0.2, 0.25) is 0 Å². The number of phenols is 1. The van der Waals surface area contributed by atoms with Gasteiger partial charge in [-0.05, 0) is 50.8 Å². The van der Waals surface area contributed by atoms with Crippen molar-refractivity contribution in [1.82, 2.24) is 5.32 Å². The molecule has 2 heteroatoms. The average molecular weight is 219 g/mol. The Kier molecular flexibility index (Phi) is 3.49. The van der Waals surface area contributed by atoms with Gasteiger partial charge in [0.05, 0.1) is 0 Å². The van der Waals surface area contributed by atoms with Crippen LogP contribution < -0.4 is 5.32 Å². The van der Waals surface area contributed by atoms with Gasteiger partial charge >= 0.3 is 0 Å². The summed E-state index contributed by atoms with van der Waals surface area (Å²) in [5.74, 6) is 1.27.